The Morgan fingerprint density at radius 1 is 1.05 bits per heavy atom. The highest BCUT2D eigenvalue weighted by Crippen LogP contribution is 2.33. The number of benzene rings is 3. The summed E-state index contributed by atoms with van der Waals surface area (Å²) in [6.45, 7) is 7.94. The van der Waals surface area contributed by atoms with Gasteiger partial charge in [-0.2, -0.15) is 5.10 Å². The molecule has 3 atom stereocenters. The Morgan fingerprint density at radius 2 is 1.79 bits per heavy atom. The predicted octanol–water partition coefficient (Wildman–Crippen LogP) is 5.40. The van der Waals surface area contributed by atoms with E-state index in [4.69, 9.17) is 10.5 Å². The largest absolute Gasteiger partial charge is 0.484 e. The summed E-state index contributed by atoms with van der Waals surface area (Å²) in [5, 5.41) is 15.5. The van der Waals surface area contributed by atoms with Gasteiger partial charge in [0.15, 0.2) is 0 Å². The van der Waals surface area contributed by atoms with Crippen molar-refractivity contribution in [2.75, 3.05) is 6.54 Å². The fraction of sp³-hybridized carbons (Fsp3) is 0.333. The summed E-state index contributed by atoms with van der Waals surface area (Å²) >= 11 is 0. The molecule has 224 valence electrons. The van der Waals surface area contributed by atoms with Crippen molar-refractivity contribution in [3.05, 3.63) is 90.1 Å². The molecule has 0 saturated carbocycles. The molecule has 3 aromatic carbocycles. The maximum absolute atomic E-state index is 13.3. The molecule has 10 heteroatoms. The average molecular weight is 584 g/mol. The lowest BCUT2D eigenvalue weighted by Gasteiger charge is -2.41. The van der Waals surface area contributed by atoms with Crippen LogP contribution in [0.2, 0.25) is 0 Å². The van der Waals surface area contributed by atoms with Crippen molar-refractivity contribution in [1.82, 2.24) is 19.6 Å². The van der Waals surface area contributed by atoms with Crippen LogP contribution < -0.4 is 10.5 Å². The van der Waals surface area contributed by atoms with E-state index in [0.29, 0.717) is 30.0 Å². The van der Waals surface area contributed by atoms with Crippen molar-refractivity contribution in [3.8, 4) is 11.4 Å². The van der Waals surface area contributed by atoms with Gasteiger partial charge in [0.05, 0.1) is 23.4 Å². The van der Waals surface area contributed by atoms with Crippen LogP contribution in [0.1, 0.15) is 62.6 Å². The Morgan fingerprint density at radius 3 is 2.47 bits per heavy atom. The summed E-state index contributed by atoms with van der Waals surface area (Å²) < 4.78 is 8.26. The number of nitrogens with two attached hydrogens (primary N) is 1. The van der Waals surface area contributed by atoms with Gasteiger partial charge >= 0.3 is 6.09 Å². The van der Waals surface area contributed by atoms with E-state index in [0.717, 1.165) is 22.9 Å². The Hall–Kier alpha value is -4.86. The standard InChI is InChI=1S/C33H37N5O5/c1-21(37(32(41)42)33(2,3)4)29(22-10-6-5-7-11-22)43-26-15-16-27-24(19-26)20-35-38(27)25-13-8-12-23(18-25)31(40)36-17-9-14-28(36)30(34)39/h5-8,10-13,15-16,18-21,28-29H,9,14,17H2,1-4H3,(H2,34,39)(H,41,42)/t21-,28+,29-/m0/s1. The van der Waals surface area contributed by atoms with Crippen LogP contribution in [-0.2, 0) is 4.79 Å². The van der Waals surface area contributed by atoms with E-state index in [1.807, 2.05) is 82.3 Å². The maximum Gasteiger partial charge on any atom is 0.408 e. The molecule has 5 rings (SSSR count). The van der Waals surface area contributed by atoms with Crippen LogP contribution >= 0.6 is 0 Å². The molecule has 0 aliphatic carbocycles. The molecule has 3 N–H and O–H groups in total. The number of carboxylic acid groups (broad SMARTS) is 1. The second-order valence-corrected chi connectivity index (χ2v) is 11.9. The van der Waals surface area contributed by atoms with E-state index < -0.39 is 35.7 Å². The summed E-state index contributed by atoms with van der Waals surface area (Å²) in [5.74, 6) is -0.152. The third kappa shape index (κ3) is 6.04. The second kappa shape index (κ2) is 11.8. The molecule has 0 radical (unpaired) electrons. The Bertz CT molecular complexity index is 1640. The number of amides is 3. The van der Waals surface area contributed by atoms with Crippen LogP contribution in [-0.4, -0.2) is 66.8 Å². The van der Waals surface area contributed by atoms with Gasteiger partial charge in [-0.05, 0) is 82.5 Å². The number of likely N-dealkylation sites (tertiary alicyclic amines) is 1. The number of fused-ring (bicyclic) bond motifs is 1. The average Bonchev–Trinajstić information content (AvgIpc) is 3.63. The van der Waals surface area contributed by atoms with Crippen LogP contribution in [0.4, 0.5) is 4.79 Å². The molecule has 1 aliphatic rings. The molecule has 4 aromatic rings. The number of carbonyl (C=O) groups excluding carboxylic acids is 2. The first-order valence-electron chi connectivity index (χ1n) is 14.4. The van der Waals surface area contributed by atoms with Crippen molar-refractivity contribution in [2.24, 2.45) is 5.73 Å². The molecule has 3 amide bonds. The fourth-order valence-electron chi connectivity index (χ4n) is 5.97. The van der Waals surface area contributed by atoms with Gasteiger partial charge in [0, 0.05) is 23.0 Å². The van der Waals surface area contributed by atoms with Crippen molar-refractivity contribution < 1.29 is 24.2 Å². The van der Waals surface area contributed by atoms with Gasteiger partial charge < -0.3 is 20.5 Å². The van der Waals surface area contributed by atoms with Crippen LogP contribution in [0, 0.1) is 0 Å². The molecule has 0 unspecified atom stereocenters. The minimum atomic E-state index is -1.02. The molecule has 43 heavy (non-hydrogen) atoms. The number of aromatic nitrogens is 2. The van der Waals surface area contributed by atoms with Gasteiger partial charge in [-0.25, -0.2) is 9.48 Å². The first kappa shape index (κ1) is 29.6. The van der Waals surface area contributed by atoms with E-state index in [-0.39, 0.29) is 5.91 Å². The Kier molecular flexibility index (Phi) is 8.12. The first-order chi connectivity index (χ1) is 20.5. The minimum absolute atomic E-state index is 0.234. The molecule has 1 fully saturated rings. The molecular formula is C33H37N5O5. The van der Waals surface area contributed by atoms with Crippen LogP contribution in [0.25, 0.3) is 16.6 Å². The van der Waals surface area contributed by atoms with E-state index >= 15 is 0 Å². The summed E-state index contributed by atoms with van der Waals surface area (Å²) in [6, 6.07) is 21.2. The normalized spacial score (nSPS) is 16.6. The Labute approximate surface area is 250 Å². The number of rotatable bonds is 8. The molecule has 0 spiro atoms. The summed E-state index contributed by atoms with van der Waals surface area (Å²) in [5.41, 5.74) is 7.70. The first-order valence-corrected chi connectivity index (χ1v) is 14.4. The predicted molar refractivity (Wildman–Crippen MR) is 163 cm³/mol. The van der Waals surface area contributed by atoms with Gasteiger partial charge in [0.25, 0.3) is 5.91 Å². The molecule has 2 heterocycles. The molecule has 1 aliphatic heterocycles. The maximum atomic E-state index is 13.3. The SMILES string of the molecule is C[C@@H]([C@H](Oc1ccc2c(cnn2-c2cccc(C(=O)N3CCC[C@@H]3C(N)=O)c2)c1)c1ccccc1)N(C(=O)O)C(C)(C)C. The summed E-state index contributed by atoms with van der Waals surface area (Å²) in [4.78, 5) is 40.3. The van der Waals surface area contributed by atoms with Crippen molar-refractivity contribution in [3.63, 3.8) is 0 Å². The second-order valence-electron chi connectivity index (χ2n) is 11.9. The summed E-state index contributed by atoms with van der Waals surface area (Å²) in [7, 11) is 0. The van der Waals surface area contributed by atoms with Crippen molar-refractivity contribution in [1.29, 1.82) is 0 Å². The van der Waals surface area contributed by atoms with Crippen LogP contribution in [0.5, 0.6) is 5.75 Å². The van der Waals surface area contributed by atoms with Crippen LogP contribution in [0.15, 0.2) is 79.0 Å². The monoisotopic (exact) mass is 583 g/mol. The number of carbonyl (C=O) groups is 3. The molecular weight excluding hydrogens is 546 g/mol. The zero-order valence-electron chi connectivity index (χ0n) is 24.8. The molecule has 1 aromatic heterocycles. The van der Waals surface area contributed by atoms with Crippen molar-refractivity contribution >= 4 is 28.8 Å². The van der Waals surface area contributed by atoms with Crippen LogP contribution in [0.3, 0.4) is 0 Å². The molecule has 1 saturated heterocycles. The van der Waals surface area contributed by atoms with Gasteiger partial charge in [-0.1, -0.05) is 36.4 Å². The zero-order chi connectivity index (χ0) is 30.9. The minimum Gasteiger partial charge on any atom is -0.484 e. The topological polar surface area (TPSA) is 131 Å². The van der Waals surface area contributed by atoms with E-state index in [9.17, 15) is 19.5 Å². The van der Waals surface area contributed by atoms with Gasteiger partial charge in [0.2, 0.25) is 5.91 Å². The third-order valence-corrected chi connectivity index (χ3v) is 7.88. The number of hydrogen-bond donors (Lipinski definition) is 2. The lowest BCUT2D eigenvalue weighted by Crippen LogP contribution is -2.52. The van der Waals surface area contributed by atoms with E-state index in [1.165, 1.54) is 4.90 Å². The van der Waals surface area contributed by atoms with Gasteiger partial charge in [0.1, 0.15) is 17.9 Å². The number of hydrogen-bond acceptors (Lipinski definition) is 5. The highest BCUT2D eigenvalue weighted by molar-refractivity contribution is 5.98. The Balaban J connectivity index is 1.44. The lowest BCUT2D eigenvalue weighted by atomic mass is 9.97. The van der Waals surface area contributed by atoms with Gasteiger partial charge in [-0.15, -0.1) is 0 Å². The smallest absolute Gasteiger partial charge is 0.408 e. The van der Waals surface area contributed by atoms with E-state index in [1.54, 1.807) is 34.0 Å². The number of nitrogens with zero attached hydrogens (tertiary/aromatic N) is 4. The highest BCUT2D eigenvalue weighted by atomic mass is 16.5. The lowest BCUT2D eigenvalue weighted by molar-refractivity contribution is -0.121. The molecule has 10 nitrogen and oxygen atoms in total. The number of ether oxygens (including phenoxy) is 1. The third-order valence-electron chi connectivity index (χ3n) is 7.88. The highest BCUT2D eigenvalue weighted by Gasteiger charge is 2.37. The molecule has 0 bridgehead atoms. The number of primary amides is 1. The zero-order valence-corrected chi connectivity index (χ0v) is 24.8. The summed E-state index contributed by atoms with van der Waals surface area (Å²) in [6.07, 6.45) is 1.45. The van der Waals surface area contributed by atoms with Crippen molar-refractivity contribution in [2.45, 2.75) is 64.3 Å². The quantitative estimate of drug-likeness (QED) is 0.286. The van der Waals surface area contributed by atoms with Gasteiger partial charge in [-0.3, -0.25) is 14.5 Å². The van der Waals surface area contributed by atoms with E-state index in [2.05, 4.69) is 5.10 Å². The fourth-order valence-corrected chi connectivity index (χ4v) is 5.97.